The average Bonchev–Trinajstić information content (AvgIpc) is 3.28. The number of thiazole rings is 1. The fourth-order valence-electron chi connectivity index (χ4n) is 3.12. The van der Waals surface area contributed by atoms with Gasteiger partial charge in [0.1, 0.15) is 5.82 Å². The highest BCUT2D eigenvalue weighted by Crippen LogP contribution is 2.22. The fourth-order valence-corrected chi connectivity index (χ4v) is 4.13. The number of benzene rings is 2. The lowest BCUT2D eigenvalue weighted by Crippen LogP contribution is -2.24. The largest absolute Gasteiger partial charge is 0.356 e. The van der Waals surface area contributed by atoms with Crippen LogP contribution in [0.25, 0.3) is 21.3 Å². The molecule has 4 rings (SSSR count). The van der Waals surface area contributed by atoms with Crippen LogP contribution in [-0.4, -0.2) is 27.4 Å². The maximum atomic E-state index is 12.0. The molecular weight excluding hydrogens is 356 g/mol. The zero-order valence-corrected chi connectivity index (χ0v) is 15.9. The lowest BCUT2D eigenvalue weighted by Gasteiger charge is -2.04. The SMILES string of the molecule is O=C(CCCc1nc2ccccc2s1)NCCCc1nc2ccccc2[nH]1. The summed E-state index contributed by atoms with van der Waals surface area (Å²) in [6, 6.07) is 16.2. The van der Waals surface area contributed by atoms with Crippen LogP contribution in [0.2, 0.25) is 0 Å². The molecule has 2 N–H and O–H groups in total. The highest BCUT2D eigenvalue weighted by atomic mass is 32.1. The van der Waals surface area contributed by atoms with Gasteiger partial charge in [-0.3, -0.25) is 4.79 Å². The van der Waals surface area contributed by atoms with Gasteiger partial charge in [-0.25, -0.2) is 9.97 Å². The van der Waals surface area contributed by atoms with Crippen LogP contribution in [-0.2, 0) is 17.6 Å². The first-order chi connectivity index (χ1) is 13.3. The summed E-state index contributed by atoms with van der Waals surface area (Å²) >= 11 is 1.72. The van der Waals surface area contributed by atoms with Crippen LogP contribution >= 0.6 is 11.3 Å². The van der Waals surface area contributed by atoms with Gasteiger partial charge in [0.15, 0.2) is 0 Å². The van der Waals surface area contributed by atoms with Crippen LogP contribution in [0.3, 0.4) is 0 Å². The molecule has 27 heavy (non-hydrogen) atoms. The number of rotatable bonds is 8. The normalized spacial score (nSPS) is 11.3. The van der Waals surface area contributed by atoms with Crippen molar-refractivity contribution in [2.45, 2.75) is 32.1 Å². The number of nitrogens with one attached hydrogen (secondary N) is 2. The minimum absolute atomic E-state index is 0.112. The minimum Gasteiger partial charge on any atom is -0.356 e. The van der Waals surface area contributed by atoms with Gasteiger partial charge in [0.2, 0.25) is 5.91 Å². The number of carbonyl (C=O) groups excluding carboxylic acids is 1. The number of para-hydroxylation sites is 3. The van der Waals surface area contributed by atoms with E-state index in [1.165, 1.54) is 4.70 Å². The summed E-state index contributed by atoms with van der Waals surface area (Å²) < 4.78 is 1.21. The van der Waals surface area contributed by atoms with E-state index in [-0.39, 0.29) is 5.91 Å². The van der Waals surface area contributed by atoms with Gasteiger partial charge in [0.05, 0.1) is 26.3 Å². The summed E-state index contributed by atoms with van der Waals surface area (Å²) in [7, 11) is 0. The molecule has 0 aliphatic carbocycles. The zero-order chi connectivity index (χ0) is 18.5. The van der Waals surface area contributed by atoms with Gasteiger partial charge < -0.3 is 10.3 Å². The summed E-state index contributed by atoms with van der Waals surface area (Å²) in [5.41, 5.74) is 3.10. The first kappa shape index (κ1) is 17.7. The molecule has 0 unspecified atom stereocenters. The molecule has 0 saturated heterocycles. The van der Waals surface area contributed by atoms with E-state index in [4.69, 9.17) is 0 Å². The summed E-state index contributed by atoms with van der Waals surface area (Å²) in [4.78, 5) is 24.5. The van der Waals surface area contributed by atoms with Crippen molar-refractivity contribution in [3.05, 3.63) is 59.4 Å². The second-order valence-electron chi connectivity index (χ2n) is 6.58. The van der Waals surface area contributed by atoms with Crippen molar-refractivity contribution in [3.63, 3.8) is 0 Å². The second-order valence-corrected chi connectivity index (χ2v) is 7.70. The Morgan fingerprint density at radius 1 is 0.963 bits per heavy atom. The van der Waals surface area contributed by atoms with E-state index in [2.05, 4.69) is 26.3 Å². The summed E-state index contributed by atoms with van der Waals surface area (Å²) in [5, 5.41) is 4.11. The summed E-state index contributed by atoms with van der Waals surface area (Å²) in [6.45, 7) is 0.678. The van der Waals surface area contributed by atoms with Gasteiger partial charge in [-0.05, 0) is 43.5 Å². The quantitative estimate of drug-likeness (QED) is 0.450. The highest BCUT2D eigenvalue weighted by Gasteiger charge is 2.06. The van der Waals surface area contributed by atoms with Crippen molar-refractivity contribution in [1.29, 1.82) is 0 Å². The maximum absolute atomic E-state index is 12.0. The van der Waals surface area contributed by atoms with Crippen LogP contribution in [0.4, 0.5) is 0 Å². The molecule has 0 fully saturated rings. The predicted octanol–water partition coefficient (Wildman–Crippen LogP) is 4.24. The smallest absolute Gasteiger partial charge is 0.220 e. The van der Waals surface area contributed by atoms with E-state index >= 15 is 0 Å². The Balaban J connectivity index is 1.15. The van der Waals surface area contributed by atoms with Gasteiger partial charge in [-0.1, -0.05) is 24.3 Å². The van der Waals surface area contributed by atoms with Crippen molar-refractivity contribution < 1.29 is 4.79 Å². The number of fused-ring (bicyclic) bond motifs is 2. The third-order valence-electron chi connectivity index (χ3n) is 4.48. The van der Waals surface area contributed by atoms with E-state index in [1.807, 2.05) is 42.5 Å². The van der Waals surface area contributed by atoms with Gasteiger partial charge >= 0.3 is 0 Å². The molecule has 5 nitrogen and oxygen atoms in total. The number of aryl methyl sites for hydroxylation is 2. The van der Waals surface area contributed by atoms with Crippen LogP contribution in [0, 0.1) is 0 Å². The first-order valence-electron chi connectivity index (χ1n) is 9.33. The summed E-state index contributed by atoms with van der Waals surface area (Å²) in [6.07, 6.45) is 3.94. The molecule has 2 aromatic heterocycles. The lowest BCUT2D eigenvalue weighted by molar-refractivity contribution is -0.121. The average molecular weight is 379 g/mol. The Labute approximate surface area is 161 Å². The number of aromatic amines is 1. The first-order valence-corrected chi connectivity index (χ1v) is 10.1. The molecule has 0 aliphatic rings. The fraction of sp³-hybridized carbons (Fsp3) is 0.286. The minimum atomic E-state index is 0.112. The van der Waals surface area contributed by atoms with E-state index in [9.17, 15) is 4.79 Å². The van der Waals surface area contributed by atoms with Crippen molar-refractivity contribution in [2.24, 2.45) is 0 Å². The van der Waals surface area contributed by atoms with Gasteiger partial charge in [0.25, 0.3) is 0 Å². The number of amides is 1. The van der Waals surface area contributed by atoms with E-state index in [0.717, 1.165) is 53.1 Å². The predicted molar refractivity (Wildman–Crippen MR) is 110 cm³/mol. The Morgan fingerprint density at radius 3 is 2.63 bits per heavy atom. The van der Waals surface area contributed by atoms with E-state index < -0.39 is 0 Å². The zero-order valence-electron chi connectivity index (χ0n) is 15.1. The number of H-pyrrole nitrogens is 1. The molecule has 0 bridgehead atoms. The van der Waals surface area contributed by atoms with Crippen molar-refractivity contribution >= 4 is 38.5 Å². The summed E-state index contributed by atoms with van der Waals surface area (Å²) in [5.74, 6) is 1.09. The molecule has 2 aromatic carbocycles. The topological polar surface area (TPSA) is 70.7 Å². The van der Waals surface area contributed by atoms with Crippen LogP contribution in [0.15, 0.2) is 48.5 Å². The van der Waals surface area contributed by atoms with E-state index in [1.54, 1.807) is 11.3 Å². The molecule has 0 aliphatic heterocycles. The molecule has 0 atom stereocenters. The molecule has 0 spiro atoms. The number of nitrogens with zero attached hydrogens (tertiary/aromatic N) is 2. The third-order valence-corrected chi connectivity index (χ3v) is 5.58. The molecular formula is C21H22N4OS. The molecule has 0 saturated carbocycles. The molecule has 4 aromatic rings. The van der Waals surface area contributed by atoms with Crippen LogP contribution in [0.5, 0.6) is 0 Å². The number of carbonyl (C=O) groups is 1. The van der Waals surface area contributed by atoms with Gasteiger partial charge in [-0.15, -0.1) is 11.3 Å². The molecule has 2 heterocycles. The van der Waals surface area contributed by atoms with Crippen molar-refractivity contribution in [2.75, 3.05) is 6.54 Å². The standard InChI is InChI=1S/C21H22N4OS/c26-20(12-5-13-21-25-17-9-3-4-10-18(17)27-21)22-14-6-11-19-23-15-7-1-2-8-16(15)24-19/h1-4,7-10H,5-6,11-14H2,(H,22,26)(H,23,24). The number of imidazole rings is 1. The third kappa shape index (κ3) is 4.52. The second kappa shape index (κ2) is 8.31. The number of aromatic nitrogens is 3. The molecule has 0 radical (unpaired) electrons. The lowest BCUT2D eigenvalue weighted by atomic mass is 10.2. The van der Waals surface area contributed by atoms with Crippen molar-refractivity contribution in [1.82, 2.24) is 20.3 Å². The number of hydrogen-bond donors (Lipinski definition) is 2. The van der Waals surface area contributed by atoms with Gasteiger partial charge in [0, 0.05) is 19.4 Å². The van der Waals surface area contributed by atoms with Gasteiger partial charge in [-0.2, -0.15) is 0 Å². The molecule has 6 heteroatoms. The Bertz CT molecular complexity index is 986. The van der Waals surface area contributed by atoms with E-state index in [0.29, 0.717) is 13.0 Å². The Hall–Kier alpha value is -2.73. The highest BCUT2D eigenvalue weighted by molar-refractivity contribution is 7.18. The molecule has 1 amide bonds. The Kier molecular flexibility index (Phi) is 5.44. The monoisotopic (exact) mass is 378 g/mol. The Morgan fingerprint density at radius 2 is 1.78 bits per heavy atom. The van der Waals surface area contributed by atoms with Crippen LogP contribution < -0.4 is 5.32 Å². The van der Waals surface area contributed by atoms with Crippen LogP contribution in [0.1, 0.15) is 30.1 Å². The van der Waals surface area contributed by atoms with Crippen molar-refractivity contribution in [3.8, 4) is 0 Å². The maximum Gasteiger partial charge on any atom is 0.220 e. The number of hydrogen-bond acceptors (Lipinski definition) is 4. The molecule has 138 valence electrons.